The number of ketones is 1. The molecule has 0 spiro atoms. The highest BCUT2D eigenvalue weighted by Crippen LogP contribution is 2.50. The van der Waals surface area contributed by atoms with Gasteiger partial charge in [0.2, 0.25) is 11.8 Å². The highest BCUT2D eigenvalue weighted by Gasteiger charge is 2.51. The van der Waals surface area contributed by atoms with E-state index in [1.165, 1.54) is 6.33 Å². The molecular formula is C50H80N9O9PSi. The van der Waals surface area contributed by atoms with Crippen LogP contribution in [0.3, 0.4) is 0 Å². The smallest absolute Gasteiger partial charge is 0.343 e. The molecule has 18 nitrogen and oxygen atoms in total. The molecule has 1 aromatic carbocycles. The second kappa shape index (κ2) is 27.5. The highest BCUT2D eigenvalue weighted by atomic mass is 31.2. The summed E-state index contributed by atoms with van der Waals surface area (Å²) in [7, 11) is -1.26. The number of nitrogens with zero attached hydrogens (tertiary/aromatic N) is 8. The van der Waals surface area contributed by atoms with Crippen LogP contribution in [-0.4, -0.2) is 136 Å². The third-order valence-corrected chi connectivity index (χ3v) is 19.4. The minimum Gasteiger partial charge on any atom is -0.391 e. The van der Waals surface area contributed by atoms with Gasteiger partial charge in [0.1, 0.15) is 24.4 Å². The van der Waals surface area contributed by atoms with Crippen LogP contribution >= 0.6 is 8.53 Å². The monoisotopic (exact) mass is 1010 g/mol. The third kappa shape index (κ3) is 16.7. The zero-order chi connectivity index (χ0) is 51.8. The van der Waals surface area contributed by atoms with Crippen LogP contribution in [0.4, 0.5) is 5.82 Å². The van der Waals surface area contributed by atoms with Crippen LogP contribution in [0.2, 0.25) is 11.1 Å². The third-order valence-electron chi connectivity index (χ3n) is 12.5. The predicted octanol–water partition coefficient (Wildman–Crippen LogP) is 9.34. The summed E-state index contributed by atoms with van der Waals surface area (Å²) < 4.78 is 38.7. The Bertz CT molecular complexity index is 2170. The predicted molar refractivity (Wildman–Crippen MR) is 274 cm³/mol. The number of hydrogen-bond acceptors (Lipinski definition) is 14. The Balaban J connectivity index is 1.54. The van der Waals surface area contributed by atoms with Gasteiger partial charge in [0.05, 0.1) is 43.7 Å². The molecule has 0 bridgehead atoms. The number of aromatic nitrogens is 4. The number of imidazole rings is 1. The molecule has 0 saturated carbocycles. The largest absolute Gasteiger partial charge is 0.391 e. The average Bonchev–Trinajstić information content (AvgIpc) is 3.92. The van der Waals surface area contributed by atoms with Gasteiger partial charge in [0.15, 0.2) is 17.0 Å². The number of rotatable bonds is 30. The van der Waals surface area contributed by atoms with Gasteiger partial charge < -0.3 is 42.5 Å². The Morgan fingerprint density at radius 2 is 1.54 bits per heavy atom. The van der Waals surface area contributed by atoms with Crippen molar-refractivity contribution >= 4 is 57.6 Å². The molecule has 1 N–H and O–H groups in total. The van der Waals surface area contributed by atoms with Crippen molar-refractivity contribution in [3.8, 4) is 6.07 Å². The fourth-order valence-electron chi connectivity index (χ4n) is 8.59. The normalized spacial score (nSPS) is 17.0. The summed E-state index contributed by atoms with van der Waals surface area (Å²) in [6, 6.07) is 11.2. The number of carbonyl (C=O) groups is 4. The second-order valence-corrected chi connectivity index (χ2v) is 25.7. The van der Waals surface area contributed by atoms with Crippen LogP contribution in [-0.2, 0) is 37.0 Å². The topological polar surface area (TPSA) is 204 Å². The summed E-state index contributed by atoms with van der Waals surface area (Å²) in [5.74, 6) is 0.0973. The number of anilines is 1. The molecule has 4 atom stereocenters. The van der Waals surface area contributed by atoms with Crippen molar-refractivity contribution in [3.05, 3.63) is 48.5 Å². The van der Waals surface area contributed by atoms with Crippen LogP contribution < -0.4 is 5.32 Å². The standard InChI is InChI=1S/C50H80N9O9PSi/c1-35(2)59(36(3)4)69(64-30-20-27-51)67-41-31-45(58-34-54-46-47(52-33-53-48(46)58)55-49(63)40-22-17-15-18-23-40)66-42(41)32-65-70(37(5)6,38(7)8)68-50(10,11)26-25-44(62)57(13)29-28-56(12)43(61)24-19-14-16-21-39(9)60/h15,17-18,22-23,33-38,41-42,45H,14,16,19-21,24-26,28-32H2,1-13H3,(H,52,53,55,63)/t41-,42+,45+,69?/m0/s1. The van der Waals surface area contributed by atoms with Crippen LogP contribution in [0.15, 0.2) is 43.0 Å². The first-order chi connectivity index (χ1) is 33.1. The minimum absolute atomic E-state index is 0.00607. The summed E-state index contributed by atoms with van der Waals surface area (Å²) in [4.78, 5) is 67.5. The summed E-state index contributed by atoms with van der Waals surface area (Å²) in [5, 5.41) is 12.3. The van der Waals surface area contributed by atoms with Gasteiger partial charge in [-0.05, 0) is 90.9 Å². The minimum atomic E-state index is -3.13. The van der Waals surface area contributed by atoms with E-state index in [0.717, 1.165) is 19.3 Å². The van der Waals surface area contributed by atoms with E-state index in [2.05, 4.69) is 86.4 Å². The van der Waals surface area contributed by atoms with Crippen molar-refractivity contribution in [2.75, 3.05) is 45.7 Å². The SMILES string of the molecule is CC(=O)CCCCCC(=O)N(C)CCN(C)C(=O)CCC(C)(C)O[Si](OC[C@H]1O[C@@H](n2cnc3c(NC(=O)c4ccccc4)ncnc32)C[C@@H]1OP(OCCC#N)N(C(C)C)C(C)C)(C(C)C)C(C)C. The molecule has 388 valence electrons. The Morgan fingerprint density at radius 1 is 0.914 bits per heavy atom. The Hall–Kier alpha value is -4.25. The number of carbonyl (C=O) groups excluding carboxylic acids is 4. The molecule has 70 heavy (non-hydrogen) atoms. The van der Waals surface area contributed by atoms with E-state index >= 15 is 0 Å². The lowest BCUT2D eigenvalue weighted by Crippen LogP contribution is -2.54. The van der Waals surface area contributed by atoms with Gasteiger partial charge in [0, 0.05) is 70.5 Å². The zero-order valence-corrected chi connectivity index (χ0v) is 45.9. The first-order valence-electron chi connectivity index (χ1n) is 24.9. The van der Waals surface area contributed by atoms with Crippen molar-refractivity contribution in [1.29, 1.82) is 5.26 Å². The van der Waals surface area contributed by atoms with Crippen LogP contribution in [0.5, 0.6) is 0 Å². The molecule has 1 fully saturated rings. The molecule has 1 saturated heterocycles. The van der Waals surface area contributed by atoms with Gasteiger partial charge >= 0.3 is 8.56 Å². The Labute approximate surface area is 418 Å². The molecule has 4 rings (SSSR count). The number of benzene rings is 1. The van der Waals surface area contributed by atoms with E-state index in [4.69, 9.17) is 22.6 Å². The highest BCUT2D eigenvalue weighted by molar-refractivity contribution is 7.44. The van der Waals surface area contributed by atoms with Gasteiger partial charge in [-0.25, -0.2) is 19.6 Å². The van der Waals surface area contributed by atoms with Gasteiger partial charge in [-0.1, -0.05) is 52.3 Å². The fraction of sp³-hybridized carbons (Fsp3) is 0.680. The van der Waals surface area contributed by atoms with Crippen molar-refractivity contribution in [2.24, 2.45) is 0 Å². The first kappa shape index (κ1) is 58.3. The summed E-state index contributed by atoms with van der Waals surface area (Å²) in [5.41, 5.74) is 0.627. The van der Waals surface area contributed by atoms with Crippen LogP contribution in [0.1, 0.15) is 151 Å². The lowest BCUT2D eigenvalue weighted by molar-refractivity contribution is -0.134. The lowest BCUT2D eigenvalue weighted by Gasteiger charge is -2.44. The summed E-state index contributed by atoms with van der Waals surface area (Å²) in [6.45, 7) is 23.6. The Kier molecular flexibility index (Phi) is 22.9. The van der Waals surface area contributed by atoms with E-state index in [1.807, 2.05) is 24.5 Å². The first-order valence-corrected chi connectivity index (χ1v) is 28.0. The molecule has 1 aliphatic heterocycles. The maximum atomic E-state index is 13.5. The molecule has 20 heteroatoms. The van der Waals surface area contributed by atoms with Gasteiger partial charge in [-0.15, -0.1) is 0 Å². The van der Waals surface area contributed by atoms with Gasteiger partial charge in [0.25, 0.3) is 14.4 Å². The second-order valence-electron chi connectivity index (χ2n) is 20.0. The van der Waals surface area contributed by atoms with Crippen molar-refractivity contribution in [2.45, 2.75) is 181 Å². The maximum Gasteiger partial charge on any atom is 0.343 e. The number of hydrogen-bond donors (Lipinski definition) is 1. The number of fused-ring (bicyclic) bond motifs is 1. The Morgan fingerprint density at radius 3 is 2.14 bits per heavy atom. The van der Waals surface area contributed by atoms with Crippen molar-refractivity contribution in [1.82, 2.24) is 34.0 Å². The van der Waals surface area contributed by atoms with E-state index in [0.29, 0.717) is 55.5 Å². The van der Waals surface area contributed by atoms with Crippen LogP contribution in [0, 0.1) is 11.3 Å². The van der Waals surface area contributed by atoms with Gasteiger partial charge in [-0.3, -0.25) is 19.0 Å². The number of Topliss-reactive ketones (excluding diaryl/α,β-unsaturated/α-hetero) is 1. The zero-order valence-electron chi connectivity index (χ0n) is 44.0. The molecule has 1 aliphatic rings. The maximum absolute atomic E-state index is 13.5. The lowest BCUT2D eigenvalue weighted by atomic mass is 10.0. The van der Waals surface area contributed by atoms with E-state index in [1.54, 1.807) is 61.4 Å². The molecule has 0 radical (unpaired) electrons. The number of ether oxygens (including phenoxy) is 1. The molecule has 3 amide bonds. The molecular weight excluding hydrogens is 930 g/mol. The van der Waals surface area contributed by atoms with E-state index in [-0.39, 0.29) is 78.5 Å². The molecule has 3 heterocycles. The van der Waals surface area contributed by atoms with E-state index < -0.39 is 41.1 Å². The van der Waals surface area contributed by atoms with Crippen LogP contribution in [0.25, 0.3) is 11.2 Å². The number of amides is 3. The van der Waals surface area contributed by atoms with Crippen molar-refractivity contribution in [3.63, 3.8) is 0 Å². The summed E-state index contributed by atoms with van der Waals surface area (Å²) >= 11 is 0. The molecule has 3 aromatic rings. The van der Waals surface area contributed by atoms with E-state index in [9.17, 15) is 24.4 Å². The number of likely N-dealkylation sites (N-methyl/N-ethyl adjacent to an activating group) is 2. The number of nitrogens with one attached hydrogen (secondary N) is 1. The quantitative estimate of drug-likeness (QED) is 0.0376. The summed E-state index contributed by atoms with van der Waals surface area (Å²) in [6.07, 6.45) is 5.89. The van der Waals surface area contributed by atoms with Crippen molar-refractivity contribution < 1.29 is 41.8 Å². The molecule has 2 aromatic heterocycles. The molecule has 0 aliphatic carbocycles. The molecule has 1 unspecified atom stereocenters. The average molecular weight is 1010 g/mol. The fourth-order valence-corrected chi connectivity index (χ4v) is 14.3. The van der Waals surface area contributed by atoms with Gasteiger partial charge in [-0.2, -0.15) is 5.26 Å². The number of unbranched alkanes of at least 4 members (excludes halogenated alkanes) is 2. The number of nitriles is 1.